The number of carbonyl (C=O) groups excluding carboxylic acids is 7. The average Bonchev–Trinajstić information content (AvgIpc) is 3.72. The lowest BCUT2D eigenvalue weighted by Crippen LogP contribution is -2.60. The molecule has 62 heavy (non-hydrogen) atoms. The van der Waals surface area contributed by atoms with Crippen LogP contribution < -0.4 is 16.0 Å². The Morgan fingerprint density at radius 3 is 2.24 bits per heavy atom. The standard InChI is InChI=1S/C43H62Cl2F3N7O7/c1-7-54(39(60)27(4)50-37(58)33-15-13-21-55(33)41(62)42(43(46,47)48)18-10-8-11-19-42)32-14-9-12-20-52(5)35(56)25-49-36(57)34(24-28-23-29(44)16-17-30(28)45)53(6)40(61)31(22-26(2)3)51-38(32)59/h16-17,23,26-27,31-34H,7-15,18-22,24-25H2,1-6H3,(H,49,57)(H,50,58)(H,51,59)/t27-,31-,32-,33-,34-/m0/s1. The fourth-order valence-electron chi connectivity index (χ4n) is 8.81. The zero-order valence-corrected chi connectivity index (χ0v) is 38.1. The molecule has 1 aromatic rings. The molecule has 1 saturated carbocycles. The van der Waals surface area contributed by atoms with E-state index in [1.165, 1.54) is 28.7 Å². The van der Waals surface area contributed by atoms with Crippen molar-refractivity contribution in [1.82, 2.24) is 35.6 Å². The second-order valence-electron chi connectivity index (χ2n) is 17.3. The normalized spacial score (nSPS) is 24.1. The number of likely N-dealkylation sites (tertiary alicyclic amines) is 1. The van der Waals surface area contributed by atoms with Crippen LogP contribution in [0.3, 0.4) is 0 Å². The summed E-state index contributed by atoms with van der Waals surface area (Å²) in [7, 11) is 2.99. The molecule has 0 aromatic heterocycles. The van der Waals surface area contributed by atoms with E-state index in [-0.39, 0.29) is 83.5 Å². The van der Waals surface area contributed by atoms with Crippen LogP contribution in [0.25, 0.3) is 0 Å². The molecular weight excluding hydrogens is 854 g/mol. The minimum atomic E-state index is -4.79. The van der Waals surface area contributed by atoms with Gasteiger partial charge in [-0.25, -0.2) is 0 Å². The van der Waals surface area contributed by atoms with Crippen molar-refractivity contribution >= 4 is 64.6 Å². The van der Waals surface area contributed by atoms with E-state index in [1.807, 2.05) is 13.8 Å². The third kappa shape index (κ3) is 12.1. The molecule has 346 valence electrons. The van der Waals surface area contributed by atoms with Gasteiger partial charge in [0.2, 0.25) is 41.4 Å². The smallest absolute Gasteiger partial charge is 0.345 e. The Hall–Kier alpha value is -4.12. The Kier molecular flexibility index (Phi) is 17.9. The molecule has 1 aromatic carbocycles. The highest BCUT2D eigenvalue weighted by Crippen LogP contribution is 2.51. The summed E-state index contributed by atoms with van der Waals surface area (Å²) < 4.78 is 43.5. The zero-order chi connectivity index (χ0) is 46.1. The van der Waals surface area contributed by atoms with Crippen LogP contribution in [0.5, 0.6) is 0 Å². The van der Waals surface area contributed by atoms with Gasteiger partial charge in [-0.05, 0) is 94.9 Å². The summed E-state index contributed by atoms with van der Waals surface area (Å²) >= 11 is 12.7. The molecule has 3 aliphatic rings. The Labute approximate surface area is 372 Å². The number of hydrogen-bond acceptors (Lipinski definition) is 7. The number of nitrogens with zero attached hydrogens (tertiary/aromatic N) is 4. The SMILES string of the molecule is CCN(C(=O)[C@H](C)NC(=O)[C@@H]1CCCN1C(=O)C1(C(F)(F)F)CCCCC1)[C@H]1CCCCN(C)C(=O)CNC(=O)[C@H](Cc2cc(Cl)ccc2Cl)N(C)C(=O)[C@H](CC(C)C)NC1=O. The van der Waals surface area contributed by atoms with Crippen molar-refractivity contribution in [3.05, 3.63) is 33.8 Å². The molecule has 1 aliphatic carbocycles. The summed E-state index contributed by atoms with van der Waals surface area (Å²) in [5, 5.41) is 8.80. The van der Waals surface area contributed by atoms with Crippen molar-refractivity contribution in [3.63, 3.8) is 0 Å². The van der Waals surface area contributed by atoms with Crippen molar-refractivity contribution in [1.29, 1.82) is 0 Å². The number of halogens is 5. The molecule has 2 heterocycles. The summed E-state index contributed by atoms with van der Waals surface area (Å²) in [6.45, 7) is 6.68. The van der Waals surface area contributed by atoms with Crippen molar-refractivity contribution in [2.45, 2.75) is 141 Å². The average molecular weight is 917 g/mol. The van der Waals surface area contributed by atoms with Gasteiger partial charge in [0.15, 0.2) is 0 Å². The largest absolute Gasteiger partial charge is 0.403 e. The van der Waals surface area contributed by atoms with Crippen molar-refractivity contribution in [2.24, 2.45) is 11.3 Å². The van der Waals surface area contributed by atoms with Crippen LogP contribution in [0, 0.1) is 11.3 Å². The minimum absolute atomic E-state index is 0.00297. The molecule has 14 nitrogen and oxygen atoms in total. The second kappa shape index (κ2) is 22.0. The van der Waals surface area contributed by atoms with E-state index in [4.69, 9.17) is 23.2 Å². The van der Waals surface area contributed by atoms with E-state index in [0.717, 1.165) is 4.90 Å². The summed E-state index contributed by atoms with van der Waals surface area (Å²) in [5.41, 5.74) is -2.09. The van der Waals surface area contributed by atoms with Crippen LogP contribution in [0.1, 0.15) is 104 Å². The molecule has 0 spiro atoms. The van der Waals surface area contributed by atoms with Gasteiger partial charge in [-0.3, -0.25) is 33.6 Å². The van der Waals surface area contributed by atoms with E-state index < -0.39 is 83.2 Å². The third-order valence-electron chi connectivity index (χ3n) is 12.4. The molecular formula is C43H62Cl2F3N7O7. The van der Waals surface area contributed by atoms with Crippen LogP contribution in [-0.4, -0.2) is 138 Å². The molecule has 3 N–H and O–H groups in total. The quantitative estimate of drug-likeness (QED) is 0.301. The number of nitrogens with one attached hydrogen (secondary N) is 3. The Morgan fingerprint density at radius 1 is 0.935 bits per heavy atom. The molecule has 0 bridgehead atoms. The molecule has 2 aliphatic heterocycles. The third-order valence-corrected chi connectivity index (χ3v) is 13.0. The van der Waals surface area contributed by atoms with Gasteiger partial charge < -0.3 is 35.6 Å². The van der Waals surface area contributed by atoms with Gasteiger partial charge >= 0.3 is 6.18 Å². The first-order valence-corrected chi connectivity index (χ1v) is 22.4. The highest BCUT2D eigenvalue weighted by Gasteiger charge is 2.62. The van der Waals surface area contributed by atoms with E-state index >= 15 is 0 Å². The molecule has 7 amide bonds. The number of likely N-dealkylation sites (N-methyl/N-ethyl adjacent to an activating group) is 3. The van der Waals surface area contributed by atoms with E-state index in [9.17, 15) is 46.7 Å². The predicted octanol–water partition coefficient (Wildman–Crippen LogP) is 4.88. The first kappa shape index (κ1) is 50.5. The number of benzene rings is 1. The topological polar surface area (TPSA) is 169 Å². The summed E-state index contributed by atoms with van der Waals surface area (Å²) in [4.78, 5) is 102. The van der Waals surface area contributed by atoms with Crippen molar-refractivity contribution in [3.8, 4) is 0 Å². The maximum Gasteiger partial charge on any atom is 0.403 e. The molecule has 3 fully saturated rings. The van der Waals surface area contributed by atoms with Gasteiger partial charge in [0.25, 0.3) is 0 Å². The van der Waals surface area contributed by atoms with Gasteiger partial charge in [-0.2, -0.15) is 13.2 Å². The first-order chi connectivity index (χ1) is 29.1. The van der Waals surface area contributed by atoms with Crippen LogP contribution >= 0.6 is 23.2 Å². The number of amides is 7. The monoisotopic (exact) mass is 915 g/mol. The van der Waals surface area contributed by atoms with Gasteiger partial charge in [0.1, 0.15) is 35.6 Å². The molecule has 4 rings (SSSR count). The lowest BCUT2D eigenvalue weighted by Gasteiger charge is -2.41. The Bertz CT molecular complexity index is 1810. The lowest BCUT2D eigenvalue weighted by atomic mass is 9.72. The summed E-state index contributed by atoms with van der Waals surface area (Å²) in [6, 6.07) is -1.22. The fourth-order valence-corrected chi connectivity index (χ4v) is 9.20. The van der Waals surface area contributed by atoms with E-state index in [1.54, 1.807) is 32.2 Å². The number of carbonyl (C=O) groups is 7. The van der Waals surface area contributed by atoms with Crippen molar-refractivity contribution < 1.29 is 46.7 Å². The minimum Gasteiger partial charge on any atom is -0.345 e. The molecule has 0 radical (unpaired) electrons. The van der Waals surface area contributed by atoms with Crippen LogP contribution in [0.4, 0.5) is 13.2 Å². The number of hydrogen-bond donors (Lipinski definition) is 3. The summed E-state index contributed by atoms with van der Waals surface area (Å²) in [6.07, 6.45) is -2.97. The maximum atomic E-state index is 14.5. The lowest BCUT2D eigenvalue weighted by molar-refractivity contribution is -0.236. The maximum absolute atomic E-state index is 14.5. The Morgan fingerprint density at radius 2 is 1.61 bits per heavy atom. The highest BCUT2D eigenvalue weighted by atomic mass is 35.5. The van der Waals surface area contributed by atoms with Crippen LogP contribution in [-0.2, 0) is 40.0 Å². The van der Waals surface area contributed by atoms with Gasteiger partial charge in [-0.1, -0.05) is 56.3 Å². The molecule has 0 unspecified atom stereocenters. The Balaban J connectivity index is 1.61. The van der Waals surface area contributed by atoms with Gasteiger partial charge in [-0.15, -0.1) is 0 Å². The number of alkyl halides is 3. The molecule has 19 heteroatoms. The van der Waals surface area contributed by atoms with Crippen LogP contribution in [0.15, 0.2) is 18.2 Å². The molecule has 5 atom stereocenters. The highest BCUT2D eigenvalue weighted by molar-refractivity contribution is 6.33. The number of rotatable bonds is 10. The first-order valence-electron chi connectivity index (χ1n) is 21.6. The predicted molar refractivity (Wildman–Crippen MR) is 228 cm³/mol. The van der Waals surface area contributed by atoms with Gasteiger partial charge in [0, 0.05) is 50.2 Å². The van der Waals surface area contributed by atoms with E-state index in [0.29, 0.717) is 41.3 Å². The van der Waals surface area contributed by atoms with Crippen LogP contribution in [0.2, 0.25) is 10.0 Å². The second-order valence-corrected chi connectivity index (χ2v) is 18.1. The van der Waals surface area contributed by atoms with Gasteiger partial charge in [0.05, 0.1) is 6.54 Å². The van der Waals surface area contributed by atoms with Crippen molar-refractivity contribution in [2.75, 3.05) is 40.3 Å². The molecule has 2 saturated heterocycles. The summed E-state index contributed by atoms with van der Waals surface area (Å²) in [5.74, 6) is -4.93. The fraction of sp³-hybridized carbons (Fsp3) is 0.698. The van der Waals surface area contributed by atoms with E-state index in [2.05, 4.69) is 16.0 Å². The zero-order valence-electron chi connectivity index (χ0n) is 36.5.